The van der Waals surface area contributed by atoms with Gasteiger partial charge in [0.2, 0.25) is 0 Å². The van der Waals surface area contributed by atoms with E-state index in [9.17, 15) is 19.5 Å². The number of phenolic OH excluding ortho intramolecular Hbond substituents is 1. The first-order chi connectivity index (χ1) is 14.5. The van der Waals surface area contributed by atoms with Crippen LogP contribution >= 0.6 is 0 Å². The van der Waals surface area contributed by atoms with E-state index in [0.29, 0.717) is 48.5 Å². The van der Waals surface area contributed by atoms with E-state index in [2.05, 4.69) is 4.90 Å². The highest BCUT2D eigenvalue weighted by Crippen LogP contribution is 2.32. The summed E-state index contributed by atoms with van der Waals surface area (Å²) >= 11 is 0. The Balaban J connectivity index is 1.73. The lowest BCUT2D eigenvalue weighted by atomic mass is 9.95. The molecule has 162 valence electrons. The van der Waals surface area contributed by atoms with Gasteiger partial charge < -0.3 is 14.4 Å². The lowest BCUT2D eigenvalue weighted by Gasteiger charge is -2.26. The topological polar surface area (TPSA) is 87.8 Å². The normalized spacial score (nSPS) is 14.9. The summed E-state index contributed by atoms with van der Waals surface area (Å²) in [5, 5.41) is 10.8. The number of phenols is 1. The lowest BCUT2D eigenvalue weighted by molar-refractivity contribution is -0.119. The molecule has 1 fully saturated rings. The number of ketones is 1. The molecule has 2 aromatic rings. The van der Waals surface area contributed by atoms with Crippen LogP contribution < -0.4 is 5.63 Å². The second-order valence-corrected chi connectivity index (χ2v) is 8.19. The summed E-state index contributed by atoms with van der Waals surface area (Å²) in [6.07, 6.45) is 6.90. The Hall–Kier alpha value is -2.47. The van der Waals surface area contributed by atoms with Gasteiger partial charge in [0.05, 0.1) is 5.56 Å². The van der Waals surface area contributed by atoms with Crippen LogP contribution in [0.3, 0.4) is 0 Å². The summed E-state index contributed by atoms with van der Waals surface area (Å²) < 4.78 is 5.42. The molecule has 1 N–H and O–H groups in total. The standard InChI is InChI=1S/C24H31NO5/c1-3-18-19(10-9-17(27)8-7-13-25-11-5-4-6-12-25)24(29)30-23-20(18)14-16(2)22(28)21(23)15-26/h14-15,28H,3-13H2,1-2H3. The molecule has 2 heterocycles. The van der Waals surface area contributed by atoms with Crippen LogP contribution in [0.4, 0.5) is 0 Å². The van der Waals surface area contributed by atoms with Gasteiger partial charge in [0.1, 0.15) is 11.5 Å². The van der Waals surface area contributed by atoms with Crippen molar-refractivity contribution in [3.8, 4) is 5.75 Å². The second-order valence-electron chi connectivity index (χ2n) is 8.19. The van der Waals surface area contributed by atoms with E-state index >= 15 is 0 Å². The van der Waals surface area contributed by atoms with Crippen LogP contribution in [-0.2, 0) is 17.6 Å². The molecule has 6 heteroatoms. The van der Waals surface area contributed by atoms with Crippen LogP contribution in [0.5, 0.6) is 5.75 Å². The first kappa shape index (κ1) is 22.2. The zero-order valence-corrected chi connectivity index (χ0v) is 18.0. The van der Waals surface area contributed by atoms with E-state index in [0.717, 1.165) is 31.6 Å². The Morgan fingerprint density at radius 2 is 1.93 bits per heavy atom. The maximum absolute atomic E-state index is 12.6. The van der Waals surface area contributed by atoms with E-state index < -0.39 is 5.63 Å². The maximum atomic E-state index is 12.6. The molecule has 1 aromatic carbocycles. The second kappa shape index (κ2) is 10.0. The van der Waals surface area contributed by atoms with Crippen LogP contribution in [0, 0.1) is 6.92 Å². The van der Waals surface area contributed by atoms with Crippen molar-refractivity contribution >= 4 is 23.0 Å². The number of aromatic hydroxyl groups is 1. The number of carbonyl (C=O) groups is 2. The van der Waals surface area contributed by atoms with Crippen LogP contribution in [0.2, 0.25) is 0 Å². The summed E-state index contributed by atoms with van der Waals surface area (Å²) in [6, 6.07) is 1.74. The molecule has 0 bridgehead atoms. The zero-order valence-electron chi connectivity index (χ0n) is 18.0. The predicted molar refractivity (Wildman–Crippen MR) is 117 cm³/mol. The number of piperidine rings is 1. The molecule has 0 aliphatic carbocycles. The van der Waals surface area contributed by atoms with Gasteiger partial charge in [-0.25, -0.2) is 4.79 Å². The van der Waals surface area contributed by atoms with Gasteiger partial charge in [-0.2, -0.15) is 0 Å². The highest BCUT2D eigenvalue weighted by Gasteiger charge is 2.20. The molecule has 30 heavy (non-hydrogen) atoms. The molecular formula is C24H31NO5. The van der Waals surface area contributed by atoms with Gasteiger partial charge in [0.15, 0.2) is 11.9 Å². The van der Waals surface area contributed by atoms with Crippen molar-refractivity contribution in [2.24, 2.45) is 0 Å². The molecular weight excluding hydrogens is 382 g/mol. The zero-order chi connectivity index (χ0) is 21.7. The van der Waals surface area contributed by atoms with Gasteiger partial charge in [-0.05, 0) is 75.9 Å². The van der Waals surface area contributed by atoms with E-state index in [1.165, 1.54) is 19.3 Å². The van der Waals surface area contributed by atoms with Crippen LogP contribution in [0.15, 0.2) is 15.3 Å². The van der Waals surface area contributed by atoms with Gasteiger partial charge in [0.25, 0.3) is 0 Å². The third kappa shape index (κ3) is 4.81. The van der Waals surface area contributed by atoms with Gasteiger partial charge in [-0.1, -0.05) is 13.3 Å². The molecule has 1 aromatic heterocycles. The molecule has 1 saturated heterocycles. The van der Waals surface area contributed by atoms with Crippen LogP contribution in [0.1, 0.15) is 72.5 Å². The summed E-state index contributed by atoms with van der Waals surface area (Å²) in [5.74, 6) is -0.0108. The Morgan fingerprint density at radius 1 is 1.20 bits per heavy atom. The number of carbonyl (C=O) groups excluding carboxylic acids is 2. The lowest BCUT2D eigenvalue weighted by Crippen LogP contribution is -2.30. The van der Waals surface area contributed by atoms with Crippen LogP contribution in [-0.4, -0.2) is 41.7 Å². The number of hydrogen-bond acceptors (Lipinski definition) is 6. The number of hydrogen-bond donors (Lipinski definition) is 1. The van der Waals surface area contributed by atoms with E-state index in [4.69, 9.17) is 4.42 Å². The number of fused-ring (bicyclic) bond motifs is 1. The minimum absolute atomic E-state index is 0.00265. The Labute approximate surface area is 176 Å². The summed E-state index contributed by atoms with van der Waals surface area (Å²) in [7, 11) is 0. The molecule has 0 spiro atoms. The van der Waals surface area contributed by atoms with Gasteiger partial charge in [-0.3, -0.25) is 9.59 Å². The Bertz CT molecular complexity index is 985. The largest absolute Gasteiger partial charge is 0.507 e. The van der Waals surface area contributed by atoms with E-state index in [1.807, 2.05) is 6.92 Å². The summed E-state index contributed by atoms with van der Waals surface area (Å²) in [4.78, 5) is 38.9. The molecule has 0 amide bonds. The fraction of sp³-hybridized carbons (Fsp3) is 0.542. The smallest absolute Gasteiger partial charge is 0.339 e. The summed E-state index contributed by atoms with van der Waals surface area (Å²) in [6.45, 7) is 6.86. The number of Topliss-reactive ketones (excluding diaryl/α,β-unsaturated/α-hetero) is 1. The van der Waals surface area contributed by atoms with Crippen molar-refractivity contribution < 1.29 is 19.1 Å². The van der Waals surface area contributed by atoms with Gasteiger partial charge in [0, 0.05) is 23.8 Å². The minimum Gasteiger partial charge on any atom is -0.507 e. The number of aryl methyl sites for hydroxylation is 2. The highest BCUT2D eigenvalue weighted by molar-refractivity contribution is 5.99. The van der Waals surface area contributed by atoms with Crippen molar-refractivity contribution in [2.45, 2.75) is 65.2 Å². The molecule has 1 aliphatic rings. The van der Waals surface area contributed by atoms with Crippen molar-refractivity contribution in [1.29, 1.82) is 0 Å². The summed E-state index contributed by atoms with van der Waals surface area (Å²) in [5.41, 5.74) is 1.41. The Morgan fingerprint density at radius 3 is 2.60 bits per heavy atom. The number of likely N-dealkylation sites (tertiary alicyclic amines) is 1. The number of benzene rings is 1. The fourth-order valence-electron chi connectivity index (χ4n) is 4.43. The minimum atomic E-state index is -0.535. The predicted octanol–water partition coefficient (Wildman–Crippen LogP) is 3.95. The number of rotatable bonds is 9. The van der Waals surface area contributed by atoms with E-state index in [-0.39, 0.29) is 22.7 Å². The molecule has 0 radical (unpaired) electrons. The van der Waals surface area contributed by atoms with Crippen molar-refractivity contribution in [1.82, 2.24) is 4.90 Å². The third-order valence-electron chi connectivity index (χ3n) is 6.11. The molecule has 0 saturated carbocycles. The Kier molecular flexibility index (Phi) is 7.43. The van der Waals surface area contributed by atoms with Crippen molar-refractivity contribution in [2.75, 3.05) is 19.6 Å². The maximum Gasteiger partial charge on any atom is 0.339 e. The van der Waals surface area contributed by atoms with Gasteiger partial charge in [-0.15, -0.1) is 0 Å². The molecule has 1 aliphatic heterocycles. The monoisotopic (exact) mass is 413 g/mol. The molecule has 6 nitrogen and oxygen atoms in total. The highest BCUT2D eigenvalue weighted by atomic mass is 16.4. The molecule has 0 unspecified atom stereocenters. The average molecular weight is 414 g/mol. The SMILES string of the molecule is CCc1c(CCC(=O)CCCN2CCCCC2)c(=O)oc2c(C=O)c(O)c(C)cc12. The quantitative estimate of drug-likeness (QED) is 0.495. The van der Waals surface area contributed by atoms with E-state index in [1.54, 1.807) is 13.0 Å². The number of nitrogens with zero attached hydrogens (tertiary/aromatic N) is 1. The molecule has 3 rings (SSSR count). The van der Waals surface area contributed by atoms with Crippen LogP contribution in [0.25, 0.3) is 11.0 Å². The molecule has 0 atom stereocenters. The average Bonchev–Trinajstić information content (AvgIpc) is 2.74. The van der Waals surface area contributed by atoms with Gasteiger partial charge >= 0.3 is 5.63 Å². The first-order valence-corrected chi connectivity index (χ1v) is 11.0. The number of aldehydes is 1. The van der Waals surface area contributed by atoms with Crippen molar-refractivity contribution in [3.63, 3.8) is 0 Å². The first-order valence-electron chi connectivity index (χ1n) is 11.0. The fourth-order valence-corrected chi connectivity index (χ4v) is 4.43. The van der Waals surface area contributed by atoms with Crippen molar-refractivity contribution in [3.05, 3.63) is 38.7 Å². The third-order valence-corrected chi connectivity index (χ3v) is 6.11.